The molecule has 0 radical (unpaired) electrons. The number of nitrogens with zero attached hydrogens (tertiary/aromatic N) is 2. The molecule has 0 bridgehead atoms. The second kappa shape index (κ2) is 8.71. The van der Waals surface area contributed by atoms with Gasteiger partial charge in [-0.1, -0.05) is 55.3 Å². The van der Waals surface area contributed by atoms with Gasteiger partial charge in [-0.3, -0.25) is 9.80 Å². The van der Waals surface area contributed by atoms with Gasteiger partial charge in [0.2, 0.25) is 0 Å². The highest BCUT2D eigenvalue weighted by Crippen LogP contribution is 2.33. The minimum Gasteiger partial charge on any atom is -0.300 e. The van der Waals surface area contributed by atoms with Gasteiger partial charge >= 0.3 is 0 Å². The Morgan fingerprint density at radius 1 is 1.04 bits per heavy atom. The van der Waals surface area contributed by atoms with Crippen LogP contribution in [0.3, 0.4) is 0 Å². The van der Waals surface area contributed by atoms with Gasteiger partial charge in [0.1, 0.15) is 0 Å². The molecule has 1 aliphatic rings. The summed E-state index contributed by atoms with van der Waals surface area (Å²) in [6.45, 7) is 18.9. The minimum atomic E-state index is 0.297. The van der Waals surface area contributed by atoms with Gasteiger partial charge in [0.15, 0.2) is 0 Å². The van der Waals surface area contributed by atoms with Crippen molar-refractivity contribution in [3.05, 3.63) is 46.0 Å². The third-order valence-electron chi connectivity index (χ3n) is 5.11. The van der Waals surface area contributed by atoms with E-state index in [0.29, 0.717) is 27.9 Å². The Balaban J connectivity index is 2.13. The maximum absolute atomic E-state index is 6.26. The Kier molecular flexibility index (Phi) is 7.18. The first kappa shape index (κ1) is 19.8. The van der Waals surface area contributed by atoms with Gasteiger partial charge in [0.05, 0.1) is 10.0 Å². The molecule has 24 heavy (non-hydrogen) atoms. The molecule has 1 saturated heterocycles. The van der Waals surface area contributed by atoms with Crippen molar-refractivity contribution in [1.29, 1.82) is 0 Å². The van der Waals surface area contributed by atoms with Crippen molar-refractivity contribution in [2.45, 2.75) is 39.7 Å². The lowest BCUT2D eigenvalue weighted by Gasteiger charge is -2.39. The second-order valence-corrected chi connectivity index (χ2v) is 8.20. The Bertz CT molecular complexity index is 561. The standard InChI is InChI=1S/C20H30Cl2N2/c1-14(2)16(5)18(17-6-7-19(21)20(22)12-17)13-23-8-10-24(11-9-23)15(3)4/h6-7,12,14-15,18H,5,8-11,13H2,1-4H3/t18-/m0/s1. The topological polar surface area (TPSA) is 6.48 Å². The summed E-state index contributed by atoms with van der Waals surface area (Å²) in [5.41, 5.74) is 2.48. The van der Waals surface area contributed by atoms with Crippen LogP contribution in [0.25, 0.3) is 0 Å². The summed E-state index contributed by atoms with van der Waals surface area (Å²) in [7, 11) is 0. The molecule has 0 unspecified atom stereocenters. The summed E-state index contributed by atoms with van der Waals surface area (Å²) >= 11 is 12.4. The summed E-state index contributed by atoms with van der Waals surface area (Å²) in [4.78, 5) is 5.10. The van der Waals surface area contributed by atoms with Gasteiger partial charge < -0.3 is 0 Å². The number of hydrogen-bond acceptors (Lipinski definition) is 2. The molecule has 4 heteroatoms. The van der Waals surface area contributed by atoms with Crippen LogP contribution in [0.15, 0.2) is 30.4 Å². The van der Waals surface area contributed by atoms with E-state index in [2.05, 4.69) is 50.1 Å². The second-order valence-electron chi connectivity index (χ2n) is 7.39. The molecule has 2 rings (SSSR count). The lowest BCUT2D eigenvalue weighted by Crippen LogP contribution is -2.49. The number of hydrogen-bond donors (Lipinski definition) is 0. The van der Waals surface area contributed by atoms with Gasteiger partial charge in [-0.2, -0.15) is 0 Å². The molecule has 1 aliphatic heterocycles. The number of benzene rings is 1. The van der Waals surface area contributed by atoms with Crippen LogP contribution in [0.2, 0.25) is 10.0 Å². The zero-order valence-corrected chi connectivity index (χ0v) is 16.9. The summed E-state index contributed by atoms with van der Waals surface area (Å²) in [6, 6.07) is 6.63. The smallest absolute Gasteiger partial charge is 0.0595 e. The summed E-state index contributed by atoms with van der Waals surface area (Å²) in [5, 5.41) is 1.24. The van der Waals surface area contributed by atoms with Crippen LogP contribution in [0.1, 0.15) is 39.2 Å². The summed E-state index contributed by atoms with van der Waals surface area (Å²) in [6.07, 6.45) is 0. The molecule has 1 heterocycles. The van der Waals surface area contributed by atoms with Crippen LogP contribution in [-0.2, 0) is 0 Å². The largest absolute Gasteiger partial charge is 0.300 e. The van der Waals surface area contributed by atoms with E-state index in [1.165, 1.54) is 11.1 Å². The van der Waals surface area contributed by atoms with Crippen molar-refractivity contribution in [2.24, 2.45) is 5.92 Å². The van der Waals surface area contributed by atoms with Crippen molar-refractivity contribution in [3.8, 4) is 0 Å². The SMILES string of the molecule is C=C(C(C)C)[C@H](CN1CCN(C(C)C)CC1)c1ccc(Cl)c(Cl)c1. The van der Waals surface area contributed by atoms with Crippen molar-refractivity contribution >= 4 is 23.2 Å². The molecule has 0 amide bonds. The van der Waals surface area contributed by atoms with Gasteiger partial charge in [-0.15, -0.1) is 0 Å². The van der Waals surface area contributed by atoms with Crippen molar-refractivity contribution in [2.75, 3.05) is 32.7 Å². The maximum Gasteiger partial charge on any atom is 0.0595 e. The average Bonchev–Trinajstić information content (AvgIpc) is 2.55. The zero-order valence-electron chi connectivity index (χ0n) is 15.4. The molecule has 1 aromatic carbocycles. The van der Waals surface area contributed by atoms with E-state index in [0.717, 1.165) is 32.7 Å². The Morgan fingerprint density at radius 3 is 2.17 bits per heavy atom. The fourth-order valence-electron chi connectivity index (χ4n) is 3.29. The minimum absolute atomic E-state index is 0.297. The van der Waals surface area contributed by atoms with E-state index in [9.17, 15) is 0 Å². The summed E-state index contributed by atoms with van der Waals surface area (Å²) in [5.74, 6) is 0.742. The predicted molar refractivity (Wildman–Crippen MR) is 106 cm³/mol. The summed E-state index contributed by atoms with van der Waals surface area (Å²) < 4.78 is 0. The number of piperazine rings is 1. The Morgan fingerprint density at radius 2 is 1.67 bits per heavy atom. The van der Waals surface area contributed by atoms with Crippen LogP contribution < -0.4 is 0 Å². The fourth-order valence-corrected chi connectivity index (χ4v) is 3.60. The Hall–Kier alpha value is -0.540. The van der Waals surface area contributed by atoms with Crippen LogP contribution in [0.4, 0.5) is 0 Å². The molecule has 2 nitrogen and oxygen atoms in total. The van der Waals surface area contributed by atoms with E-state index in [4.69, 9.17) is 23.2 Å². The molecule has 0 N–H and O–H groups in total. The van der Waals surface area contributed by atoms with E-state index < -0.39 is 0 Å². The lowest BCUT2D eigenvalue weighted by molar-refractivity contribution is 0.106. The number of halogens is 2. The van der Waals surface area contributed by atoms with Crippen LogP contribution in [-0.4, -0.2) is 48.6 Å². The molecule has 0 aliphatic carbocycles. The molecule has 0 aromatic heterocycles. The first-order valence-electron chi connectivity index (χ1n) is 8.89. The molecule has 134 valence electrons. The molecular formula is C20H30Cl2N2. The van der Waals surface area contributed by atoms with Crippen molar-refractivity contribution in [3.63, 3.8) is 0 Å². The predicted octanol–water partition coefficient (Wildman–Crippen LogP) is 5.32. The van der Waals surface area contributed by atoms with Crippen LogP contribution in [0.5, 0.6) is 0 Å². The first-order valence-corrected chi connectivity index (χ1v) is 9.65. The van der Waals surface area contributed by atoms with E-state index >= 15 is 0 Å². The molecule has 1 fully saturated rings. The zero-order chi connectivity index (χ0) is 17.9. The van der Waals surface area contributed by atoms with Gasteiger partial charge in [0.25, 0.3) is 0 Å². The molecule has 1 aromatic rings. The molecular weight excluding hydrogens is 339 g/mol. The van der Waals surface area contributed by atoms with Gasteiger partial charge in [0, 0.05) is 44.7 Å². The first-order chi connectivity index (χ1) is 11.3. The van der Waals surface area contributed by atoms with E-state index in [1.54, 1.807) is 0 Å². The van der Waals surface area contributed by atoms with Crippen LogP contribution in [0, 0.1) is 5.92 Å². The quantitative estimate of drug-likeness (QED) is 0.627. The molecule has 0 saturated carbocycles. The third kappa shape index (κ3) is 4.98. The monoisotopic (exact) mass is 368 g/mol. The maximum atomic E-state index is 6.26. The van der Waals surface area contributed by atoms with E-state index in [1.807, 2.05) is 12.1 Å². The van der Waals surface area contributed by atoms with Crippen molar-refractivity contribution in [1.82, 2.24) is 9.80 Å². The highest BCUT2D eigenvalue weighted by atomic mass is 35.5. The number of rotatable bonds is 6. The Labute approximate surface area is 157 Å². The van der Waals surface area contributed by atoms with Gasteiger partial charge in [-0.05, 0) is 37.5 Å². The fraction of sp³-hybridized carbons (Fsp3) is 0.600. The third-order valence-corrected chi connectivity index (χ3v) is 5.85. The van der Waals surface area contributed by atoms with Crippen molar-refractivity contribution < 1.29 is 0 Å². The molecule has 1 atom stereocenters. The highest BCUT2D eigenvalue weighted by molar-refractivity contribution is 6.42. The normalized spacial score (nSPS) is 18.3. The molecule has 0 spiro atoms. The van der Waals surface area contributed by atoms with Gasteiger partial charge in [-0.25, -0.2) is 0 Å². The van der Waals surface area contributed by atoms with E-state index in [-0.39, 0.29) is 0 Å². The highest BCUT2D eigenvalue weighted by Gasteiger charge is 2.25. The average molecular weight is 369 g/mol. The van der Waals surface area contributed by atoms with Crippen LogP contribution >= 0.6 is 23.2 Å². The lowest BCUT2D eigenvalue weighted by atomic mass is 9.85.